The topological polar surface area (TPSA) is 50.4 Å². The van der Waals surface area contributed by atoms with Gasteiger partial charge in [-0.25, -0.2) is 10.3 Å². The Bertz CT molecular complexity index is 449. The van der Waals surface area contributed by atoms with Crippen LogP contribution in [0.15, 0.2) is 24.3 Å². The van der Waals surface area contributed by atoms with Crippen molar-refractivity contribution in [3.05, 3.63) is 29.8 Å². The quantitative estimate of drug-likeness (QED) is 0.345. The van der Waals surface area contributed by atoms with Gasteiger partial charge in [-0.05, 0) is 25.0 Å². The average molecular weight is 335 g/mol. The second-order valence-corrected chi connectivity index (χ2v) is 6.40. The summed E-state index contributed by atoms with van der Waals surface area (Å²) in [4.78, 5) is 16.9. The van der Waals surface area contributed by atoms with Crippen molar-refractivity contribution in [2.75, 3.05) is 11.9 Å². The van der Waals surface area contributed by atoms with Crippen LogP contribution in [0.5, 0.6) is 0 Å². The van der Waals surface area contributed by atoms with E-state index in [2.05, 4.69) is 17.7 Å². The van der Waals surface area contributed by atoms with Gasteiger partial charge >= 0.3 is 6.03 Å². The van der Waals surface area contributed by atoms with E-state index in [4.69, 9.17) is 4.84 Å². The molecule has 0 aliphatic carbocycles. The third-order valence-corrected chi connectivity index (χ3v) is 4.16. The maximum atomic E-state index is 11.7. The first-order valence-corrected chi connectivity index (χ1v) is 9.48. The SMILES string of the molecule is CCCCCCCCCCCCONC(=O)Nc1ccccc1C. The molecule has 0 saturated heterocycles. The molecule has 1 rings (SSSR count). The van der Waals surface area contributed by atoms with Crippen LogP contribution in [0.3, 0.4) is 0 Å². The van der Waals surface area contributed by atoms with E-state index in [-0.39, 0.29) is 6.03 Å². The van der Waals surface area contributed by atoms with E-state index in [1.165, 1.54) is 51.4 Å². The molecule has 0 unspecified atom stereocenters. The van der Waals surface area contributed by atoms with Crippen LogP contribution in [-0.2, 0) is 4.84 Å². The highest BCUT2D eigenvalue weighted by Gasteiger charge is 2.03. The Balaban J connectivity index is 1.90. The molecule has 4 nitrogen and oxygen atoms in total. The number of hydrogen-bond donors (Lipinski definition) is 2. The van der Waals surface area contributed by atoms with Gasteiger partial charge in [-0.1, -0.05) is 82.9 Å². The fourth-order valence-corrected chi connectivity index (χ4v) is 2.64. The smallest absolute Gasteiger partial charge is 0.306 e. The Morgan fingerprint density at radius 1 is 0.917 bits per heavy atom. The van der Waals surface area contributed by atoms with E-state index in [1.807, 2.05) is 31.2 Å². The van der Waals surface area contributed by atoms with Crippen LogP contribution in [0.1, 0.15) is 76.7 Å². The van der Waals surface area contributed by atoms with Gasteiger partial charge in [0.25, 0.3) is 0 Å². The highest BCUT2D eigenvalue weighted by Crippen LogP contribution is 2.13. The highest BCUT2D eigenvalue weighted by atomic mass is 16.7. The number of rotatable bonds is 13. The van der Waals surface area contributed by atoms with E-state index in [0.717, 1.165) is 24.1 Å². The van der Waals surface area contributed by atoms with Crippen LogP contribution in [-0.4, -0.2) is 12.6 Å². The molecule has 0 aliphatic rings. The molecule has 0 saturated carbocycles. The number of urea groups is 1. The van der Waals surface area contributed by atoms with Crippen molar-refractivity contribution in [3.8, 4) is 0 Å². The number of para-hydroxylation sites is 1. The first kappa shape index (κ1) is 20.5. The van der Waals surface area contributed by atoms with Crippen molar-refractivity contribution >= 4 is 11.7 Å². The van der Waals surface area contributed by atoms with E-state index in [0.29, 0.717) is 6.61 Å². The molecule has 0 aliphatic heterocycles. The molecule has 24 heavy (non-hydrogen) atoms. The van der Waals surface area contributed by atoms with Gasteiger partial charge in [0.15, 0.2) is 0 Å². The number of aryl methyl sites for hydroxylation is 1. The fraction of sp³-hybridized carbons (Fsp3) is 0.650. The standard InChI is InChI=1S/C20H34N2O2/c1-3-4-5-6-7-8-9-10-11-14-17-24-22-20(23)21-19-16-13-12-15-18(19)2/h12-13,15-16H,3-11,14,17H2,1-2H3,(H2,21,22,23). The van der Waals surface area contributed by atoms with Crippen molar-refractivity contribution in [2.24, 2.45) is 0 Å². The number of anilines is 1. The monoisotopic (exact) mass is 334 g/mol. The molecule has 2 N–H and O–H groups in total. The van der Waals surface area contributed by atoms with Gasteiger partial charge in [0.2, 0.25) is 0 Å². The summed E-state index contributed by atoms with van der Waals surface area (Å²) in [6, 6.07) is 7.35. The van der Waals surface area contributed by atoms with Gasteiger partial charge in [-0.15, -0.1) is 0 Å². The summed E-state index contributed by atoms with van der Waals surface area (Å²) in [7, 11) is 0. The largest absolute Gasteiger partial charge is 0.343 e. The van der Waals surface area contributed by atoms with E-state index >= 15 is 0 Å². The third kappa shape index (κ3) is 10.3. The number of benzene rings is 1. The molecule has 4 heteroatoms. The molecule has 0 bridgehead atoms. The zero-order chi connectivity index (χ0) is 17.5. The lowest BCUT2D eigenvalue weighted by molar-refractivity contribution is 0.0631. The van der Waals surface area contributed by atoms with Gasteiger partial charge < -0.3 is 5.32 Å². The Labute approximate surface area is 147 Å². The molecule has 1 aromatic carbocycles. The number of carbonyl (C=O) groups excluding carboxylic acids is 1. The Morgan fingerprint density at radius 2 is 1.50 bits per heavy atom. The molecular formula is C20H34N2O2. The molecule has 1 aromatic rings. The summed E-state index contributed by atoms with van der Waals surface area (Å²) >= 11 is 0. The molecule has 0 spiro atoms. The van der Waals surface area contributed by atoms with Gasteiger partial charge in [0.05, 0.1) is 6.61 Å². The number of amides is 2. The Hall–Kier alpha value is -1.55. The number of hydroxylamine groups is 1. The summed E-state index contributed by atoms with van der Waals surface area (Å²) in [6.07, 6.45) is 12.9. The van der Waals surface area contributed by atoms with Gasteiger partial charge in [-0.3, -0.25) is 4.84 Å². The fourth-order valence-electron chi connectivity index (χ4n) is 2.64. The van der Waals surface area contributed by atoms with Crippen molar-refractivity contribution in [1.29, 1.82) is 0 Å². The van der Waals surface area contributed by atoms with E-state index in [9.17, 15) is 4.79 Å². The van der Waals surface area contributed by atoms with Crippen LogP contribution in [0.25, 0.3) is 0 Å². The Kier molecular flexibility index (Phi) is 11.8. The van der Waals surface area contributed by atoms with Crippen LogP contribution < -0.4 is 10.8 Å². The lowest BCUT2D eigenvalue weighted by atomic mass is 10.1. The summed E-state index contributed by atoms with van der Waals surface area (Å²) < 4.78 is 0. The zero-order valence-electron chi connectivity index (χ0n) is 15.4. The first-order valence-electron chi connectivity index (χ1n) is 9.48. The van der Waals surface area contributed by atoms with Crippen LogP contribution in [0, 0.1) is 6.92 Å². The van der Waals surface area contributed by atoms with Gasteiger partial charge in [0.1, 0.15) is 0 Å². The third-order valence-electron chi connectivity index (χ3n) is 4.16. The lowest BCUT2D eigenvalue weighted by Crippen LogP contribution is -2.29. The minimum Gasteiger partial charge on any atom is -0.306 e. The van der Waals surface area contributed by atoms with Crippen LogP contribution in [0.4, 0.5) is 10.5 Å². The summed E-state index contributed by atoms with van der Waals surface area (Å²) in [6.45, 7) is 4.78. The first-order chi connectivity index (χ1) is 11.7. The van der Waals surface area contributed by atoms with Gasteiger partial charge in [-0.2, -0.15) is 0 Å². The normalized spacial score (nSPS) is 10.6. The van der Waals surface area contributed by atoms with Gasteiger partial charge in [0, 0.05) is 5.69 Å². The molecule has 0 heterocycles. The minimum absolute atomic E-state index is 0.323. The van der Waals surface area contributed by atoms with Crippen molar-refractivity contribution in [1.82, 2.24) is 5.48 Å². The molecular weight excluding hydrogens is 300 g/mol. The van der Waals surface area contributed by atoms with Crippen LogP contribution >= 0.6 is 0 Å². The molecule has 0 aromatic heterocycles. The highest BCUT2D eigenvalue weighted by molar-refractivity contribution is 5.89. The Morgan fingerprint density at radius 3 is 2.12 bits per heavy atom. The summed E-state index contributed by atoms with van der Waals surface area (Å²) in [5, 5.41) is 2.77. The minimum atomic E-state index is -0.323. The van der Waals surface area contributed by atoms with E-state index < -0.39 is 0 Å². The maximum Gasteiger partial charge on any atom is 0.343 e. The molecule has 136 valence electrons. The zero-order valence-corrected chi connectivity index (χ0v) is 15.4. The maximum absolute atomic E-state index is 11.7. The number of carbonyl (C=O) groups is 1. The molecule has 2 amide bonds. The second kappa shape index (κ2) is 13.8. The summed E-state index contributed by atoms with van der Waals surface area (Å²) in [5.41, 5.74) is 4.27. The van der Waals surface area contributed by atoms with Crippen LogP contribution in [0.2, 0.25) is 0 Å². The molecule has 0 radical (unpaired) electrons. The van der Waals surface area contributed by atoms with Crippen molar-refractivity contribution in [2.45, 2.75) is 78.1 Å². The number of nitrogens with one attached hydrogen (secondary N) is 2. The van der Waals surface area contributed by atoms with E-state index in [1.54, 1.807) is 0 Å². The predicted molar refractivity (Wildman–Crippen MR) is 101 cm³/mol. The second-order valence-electron chi connectivity index (χ2n) is 6.40. The number of hydrogen-bond acceptors (Lipinski definition) is 2. The van der Waals surface area contributed by atoms with Crippen molar-refractivity contribution in [3.63, 3.8) is 0 Å². The molecule has 0 atom stereocenters. The summed E-state index contributed by atoms with van der Waals surface area (Å²) in [5.74, 6) is 0. The molecule has 0 fully saturated rings. The number of unbranched alkanes of at least 4 members (excludes halogenated alkanes) is 9. The lowest BCUT2D eigenvalue weighted by Gasteiger charge is -2.09. The van der Waals surface area contributed by atoms with Crippen molar-refractivity contribution < 1.29 is 9.63 Å². The predicted octanol–water partition coefficient (Wildman–Crippen LogP) is 5.97. The average Bonchev–Trinajstić information content (AvgIpc) is 2.58.